The van der Waals surface area contributed by atoms with E-state index in [-0.39, 0.29) is 29.0 Å². The molecule has 0 bridgehead atoms. The summed E-state index contributed by atoms with van der Waals surface area (Å²) in [6.07, 6.45) is 0.634. The molecule has 1 saturated heterocycles. The van der Waals surface area contributed by atoms with Crippen LogP contribution in [-0.4, -0.2) is 35.3 Å². The van der Waals surface area contributed by atoms with Crippen LogP contribution in [0, 0.1) is 26.7 Å². The summed E-state index contributed by atoms with van der Waals surface area (Å²) in [6, 6.07) is 3.51. The number of H-pyrrole nitrogens is 1. The number of nitrogens with one attached hydrogen (secondary N) is 2. The van der Waals surface area contributed by atoms with Gasteiger partial charge in [0.2, 0.25) is 0 Å². The van der Waals surface area contributed by atoms with E-state index in [4.69, 9.17) is 9.26 Å². The van der Waals surface area contributed by atoms with E-state index in [2.05, 4.69) is 15.5 Å². The molecule has 7 nitrogen and oxygen atoms in total. The van der Waals surface area contributed by atoms with Crippen molar-refractivity contribution in [1.82, 2.24) is 15.5 Å². The van der Waals surface area contributed by atoms with Gasteiger partial charge in [-0.05, 0) is 32.4 Å². The fourth-order valence-electron chi connectivity index (χ4n) is 3.11. The van der Waals surface area contributed by atoms with Crippen molar-refractivity contribution in [1.29, 1.82) is 0 Å². The van der Waals surface area contributed by atoms with Gasteiger partial charge >= 0.3 is 0 Å². The summed E-state index contributed by atoms with van der Waals surface area (Å²) < 4.78 is 10.7. The van der Waals surface area contributed by atoms with Crippen molar-refractivity contribution < 1.29 is 14.1 Å². The van der Waals surface area contributed by atoms with Gasteiger partial charge in [0.15, 0.2) is 0 Å². The number of amides is 1. The maximum Gasteiger partial charge on any atom is 0.261 e. The molecule has 0 aliphatic carbocycles. The molecule has 3 rings (SSSR count). The zero-order chi connectivity index (χ0) is 17.3. The number of carbonyl (C=O) groups excluding carboxylic acids is 1. The van der Waals surface area contributed by atoms with E-state index in [1.807, 2.05) is 13.0 Å². The Morgan fingerprint density at radius 2 is 2.12 bits per heavy atom. The highest BCUT2D eigenvalue weighted by Gasteiger charge is 2.31. The summed E-state index contributed by atoms with van der Waals surface area (Å²) in [7, 11) is 0. The molecule has 0 spiro atoms. The zero-order valence-corrected chi connectivity index (χ0v) is 14.0. The van der Waals surface area contributed by atoms with Crippen LogP contribution in [0.2, 0.25) is 0 Å². The maximum atomic E-state index is 12.5. The first-order valence-electron chi connectivity index (χ1n) is 7.95. The SMILES string of the molecule is Cc1cc(C[C@@H]2COC[C@@H]2NC(=O)c2c(C)cc(C)[nH]c2=O)on1. The second-order valence-electron chi connectivity index (χ2n) is 6.36. The zero-order valence-electron chi connectivity index (χ0n) is 14.0. The summed E-state index contributed by atoms with van der Waals surface area (Å²) in [5.41, 5.74) is 2.01. The molecular weight excluding hydrogens is 310 g/mol. The van der Waals surface area contributed by atoms with Crippen molar-refractivity contribution in [2.75, 3.05) is 13.2 Å². The normalized spacial score (nSPS) is 20.3. The largest absolute Gasteiger partial charge is 0.379 e. The molecule has 1 aliphatic heterocycles. The molecule has 0 radical (unpaired) electrons. The fraction of sp³-hybridized carbons (Fsp3) is 0.471. The molecule has 1 amide bonds. The quantitative estimate of drug-likeness (QED) is 0.879. The van der Waals surface area contributed by atoms with Crippen LogP contribution in [0.3, 0.4) is 0 Å². The Morgan fingerprint density at radius 1 is 1.33 bits per heavy atom. The third kappa shape index (κ3) is 3.41. The fourth-order valence-corrected chi connectivity index (χ4v) is 3.11. The number of ether oxygens (including phenoxy) is 1. The average molecular weight is 331 g/mol. The van der Waals surface area contributed by atoms with Gasteiger partial charge in [0.05, 0.1) is 24.9 Å². The molecule has 2 aromatic heterocycles. The predicted octanol–water partition coefficient (Wildman–Crippen LogP) is 1.28. The van der Waals surface area contributed by atoms with Crippen LogP contribution in [-0.2, 0) is 11.2 Å². The molecule has 24 heavy (non-hydrogen) atoms. The van der Waals surface area contributed by atoms with Crippen LogP contribution in [0.25, 0.3) is 0 Å². The van der Waals surface area contributed by atoms with Crippen LogP contribution < -0.4 is 10.9 Å². The lowest BCUT2D eigenvalue weighted by Gasteiger charge is -2.18. The molecule has 0 aromatic carbocycles. The van der Waals surface area contributed by atoms with Crippen LogP contribution in [0.4, 0.5) is 0 Å². The Bertz CT molecular complexity index is 808. The smallest absolute Gasteiger partial charge is 0.261 e. The van der Waals surface area contributed by atoms with Gasteiger partial charge in [-0.25, -0.2) is 0 Å². The number of nitrogens with zero attached hydrogens (tertiary/aromatic N) is 1. The molecule has 0 saturated carbocycles. The van der Waals surface area contributed by atoms with Gasteiger partial charge in [0.25, 0.3) is 11.5 Å². The number of aromatic amines is 1. The highest BCUT2D eigenvalue weighted by molar-refractivity contribution is 5.95. The minimum atomic E-state index is -0.372. The first kappa shape index (κ1) is 16.4. The second kappa shape index (κ2) is 6.60. The summed E-state index contributed by atoms with van der Waals surface area (Å²) in [6.45, 7) is 6.37. The van der Waals surface area contributed by atoms with Crippen molar-refractivity contribution in [3.05, 3.63) is 50.8 Å². The Kier molecular flexibility index (Phi) is 4.53. The maximum absolute atomic E-state index is 12.5. The number of carbonyl (C=O) groups is 1. The molecule has 1 fully saturated rings. The minimum Gasteiger partial charge on any atom is -0.379 e. The van der Waals surface area contributed by atoms with Crippen molar-refractivity contribution in [3.8, 4) is 0 Å². The molecule has 2 N–H and O–H groups in total. The average Bonchev–Trinajstić information content (AvgIpc) is 3.08. The van der Waals surface area contributed by atoms with Crippen molar-refractivity contribution in [2.45, 2.75) is 33.2 Å². The summed E-state index contributed by atoms with van der Waals surface area (Å²) in [4.78, 5) is 27.3. The number of rotatable bonds is 4. The van der Waals surface area contributed by atoms with E-state index in [0.717, 1.165) is 17.1 Å². The van der Waals surface area contributed by atoms with Crippen molar-refractivity contribution in [2.24, 2.45) is 5.92 Å². The molecule has 3 heterocycles. The van der Waals surface area contributed by atoms with Crippen LogP contribution in [0.5, 0.6) is 0 Å². The van der Waals surface area contributed by atoms with Gasteiger partial charge < -0.3 is 19.6 Å². The molecule has 1 aliphatic rings. The Morgan fingerprint density at radius 3 is 2.79 bits per heavy atom. The predicted molar refractivity (Wildman–Crippen MR) is 87.0 cm³/mol. The third-order valence-corrected chi connectivity index (χ3v) is 4.25. The highest BCUT2D eigenvalue weighted by atomic mass is 16.5. The van der Waals surface area contributed by atoms with Crippen molar-refractivity contribution in [3.63, 3.8) is 0 Å². The van der Waals surface area contributed by atoms with Crippen LogP contribution in [0.1, 0.15) is 33.1 Å². The lowest BCUT2D eigenvalue weighted by molar-refractivity contribution is 0.0922. The molecule has 0 unspecified atom stereocenters. The van der Waals surface area contributed by atoms with Gasteiger partial charge in [-0.1, -0.05) is 5.16 Å². The monoisotopic (exact) mass is 331 g/mol. The Labute approximate surface area is 139 Å². The standard InChI is InChI=1S/C17H21N3O4/c1-9-4-10(2)18-16(21)15(9)17(22)19-14-8-23-7-12(14)6-13-5-11(3)20-24-13/h4-5,12,14H,6-8H2,1-3H3,(H,18,21)(H,19,22)/t12-,14+/m1/s1. The Hall–Kier alpha value is -2.41. The van der Waals surface area contributed by atoms with Gasteiger partial charge in [0, 0.05) is 24.1 Å². The van der Waals surface area contributed by atoms with Gasteiger partial charge in [-0.3, -0.25) is 9.59 Å². The summed E-state index contributed by atoms with van der Waals surface area (Å²) >= 11 is 0. The first-order valence-corrected chi connectivity index (χ1v) is 7.95. The minimum absolute atomic E-state index is 0.0890. The molecule has 2 atom stereocenters. The highest BCUT2D eigenvalue weighted by Crippen LogP contribution is 2.20. The Balaban J connectivity index is 1.72. The molecule has 128 valence electrons. The summed E-state index contributed by atoms with van der Waals surface area (Å²) in [5, 5.41) is 6.80. The number of aryl methyl sites for hydroxylation is 3. The lowest BCUT2D eigenvalue weighted by Crippen LogP contribution is -2.42. The molecule has 7 heteroatoms. The third-order valence-electron chi connectivity index (χ3n) is 4.25. The number of aromatic nitrogens is 2. The number of hydrogen-bond donors (Lipinski definition) is 2. The molecule has 2 aromatic rings. The van der Waals surface area contributed by atoms with E-state index < -0.39 is 0 Å². The van der Waals surface area contributed by atoms with E-state index >= 15 is 0 Å². The van der Waals surface area contributed by atoms with Crippen molar-refractivity contribution >= 4 is 5.91 Å². The van der Waals surface area contributed by atoms with Crippen LogP contribution >= 0.6 is 0 Å². The van der Waals surface area contributed by atoms with Gasteiger partial charge in [-0.2, -0.15) is 0 Å². The van der Waals surface area contributed by atoms with E-state index in [1.165, 1.54) is 0 Å². The second-order valence-corrected chi connectivity index (χ2v) is 6.36. The van der Waals surface area contributed by atoms with Gasteiger partial charge in [0.1, 0.15) is 11.3 Å². The van der Waals surface area contributed by atoms with E-state index in [0.29, 0.717) is 25.2 Å². The lowest BCUT2D eigenvalue weighted by atomic mass is 9.97. The van der Waals surface area contributed by atoms with Crippen LogP contribution in [0.15, 0.2) is 21.5 Å². The number of pyridine rings is 1. The van der Waals surface area contributed by atoms with E-state index in [1.54, 1.807) is 19.9 Å². The van der Waals surface area contributed by atoms with E-state index in [9.17, 15) is 9.59 Å². The first-order chi connectivity index (χ1) is 11.4. The topological polar surface area (TPSA) is 97.2 Å². The number of hydrogen-bond acceptors (Lipinski definition) is 5. The summed E-state index contributed by atoms with van der Waals surface area (Å²) in [5.74, 6) is 0.487. The molecular formula is C17H21N3O4. The van der Waals surface area contributed by atoms with Gasteiger partial charge in [-0.15, -0.1) is 0 Å².